The average molecular weight is 447 g/mol. The first kappa shape index (κ1) is 22.9. The molecule has 0 atom stereocenters. The summed E-state index contributed by atoms with van der Waals surface area (Å²) in [5, 5.41) is 12.5. The van der Waals surface area contributed by atoms with E-state index in [1.807, 2.05) is 50.2 Å². The van der Waals surface area contributed by atoms with E-state index in [1.165, 1.54) is 11.6 Å². The van der Waals surface area contributed by atoms with Gasteiger partial charge in [-0.25, -0.2) is 0 Å². The van der Waals surface area contributed by atoms with Crippen LogP contribution in [0.3, 0.4) is 0 Å². The van der Waals surface area contributed by atoms with Crippen LogP contribution in [0, 0.1) is 18.3 Å². The zero-order valence-corrected chi connectivity index (χ0v) is 18.6. The number of amides is 1. The number of nitriles is 1. The van der Waals surface area contributed by atoms with E-state index < -0.39 is 5.91 Å². The molecule has 0 aliphatic heterocycles. The van der Waals surface area contributed by atoms with Gasteiger partial charge in [0.15, 0.2) is 11.5 Å². The van der Waals surface area contributed by atoms with Crippen molar-refractivity contribution in [2.75, 3.05) is 11.9 Å². The molecule has 6 heteroatoms. The minimum atomic E-state index is -0.507. The molecule has 32 heavy (non-hydrogen) atoms. The number of anilines is 1. The van der Waals surface area contributed by atoms with E-state index in [9.17, 15) is 10.1 Å². The van der Waals surface area contributed by atoms with Crippen molar-refractivity contribution >= 4 is 29.3 Å². The van der Waals surface area contributed by atoms with E-state index in [-0.39, 0.29) is 5.57 Å². The van der Waals surface area contributed by atoms with Crippen LogP contribution in [-0.2, 0) is 11.4 Å². The fourth-order valence-electron chi connectivity index (χ4n) is 2.95. The first-order valence-electron chi connectivity index (χ1n) is 10.1. The molecular formula is C26H23ClN2O3. The number of carbonyl (C=O) groups is 1. The quantitative estimate of drug-likeness (QED) is 0.331. The third-order valence-corrected chi connectivity index (χ3v) is 4.82. The third-order valence-electron chi connectivity index (χ3n) is 4.54. The third kappa shape index (κ3) is 6.13. The predicted octanol–water partition coefficient (Wildman–Crippen LogP) is 6.17. The number of rotatable bonds is 8. The van der Waals surface area contributed by atoms with E-state index in [2.05, 4.69) is 5.32 Å². The molecule has 0 unspecified atom stereocenters. The summed E-state index contributed by atoms with van der Waals surface area (Å²) in [5.74, 6) is 0.352. The highest BCUT2D eigenvalue weighted by atomic mass is 35.5. The van der Waals surface area contributed by atoms with Gasteiger partial charge in [-0.1, -0.05) is 59.6 Å². The lowest BCUT2D eigenvalue weighted by Gasteiger charge is -2.15. The van der Waals surface area contributed by atoms with E-state index in [0.29, 0.717) is 41.0 Å². The SMILES string of the molecule is CCOc1cc(/C=C(\C#N)C(=O)Nc2ccccc2)cc(Cl)c1OCc1ccc(C)cc1. The summed E-state index contributed by atoms with van der Waals surface area (Å²) in [4.78, 5) is 12.5. The molecule has 0 saturated heterocycles. The number of hydrogen-bond acceptors (Lipinski definition) is 4. The maximum absolute atomic E-state index is 12.5. The number of ether oxygens (including phenoxy) is 2. The Morgan fingerprint density at radius 3 is 2.47 bits per heavy atom. The molecule has 0 spiro atoms. The molecule has 0 aromatic heterocycles. The summed E-state index contributed by atoms with van der Waals surface area (Å²) in [6, 6.07) is 22.2. The number of carbonyl (C=O) groups excluding carboxylic acids is 1. The van der Waals surface area contributed by atoms with Gasteiger partial charge in [0, 0.05) is 5.69 Å². The molecule has 0 heterocycles. The second kappa shape index (κ2) is 11.0. The van der Waals surface area contributed by atoms with Crippen LogP contribution in [0.15, 0.2) is 72.3 Å². The molecule has 0 fully saturated rings. The molecule has 0 saturated carbocycles. The lowest BCUT2D eigenvalue weighted by Crippen LogP contribution is -2.13. The number of hydrogen-bond donors (Lipinski definition) is 1. The first-order valence-corrected chi connectivity index (χ1v) is 10.5. The van der Waals surface area contributed by atoms with Gasteiger partial charge in [0.25, 0.3) is 5.91 Å². The van der Waals surface area contributed by atoms with Crippen LogP contribution in [0.2, 0.25) is 5.02 Å². The first-order chi connectivity index (χ1) is 15.5. The van der Waals surface area contributed by atoms with Crippen molar-refractivity contribution in [2.24, 2.45) is 0 Å². The number of aryl methyl sites for hydroxylation is 1. The normalized spacial score (nSPS) is 10.9. The van der Waals surface area contributed by atoms with Crippen LogP contribution in [0.4, 0.5) is 5.69 Å². The molecule has 0 aliphatic rings. The van der Waals surface area contributed by atoms with Crippen LogP contribution >= 0.6 is 11.6 Å². The molecule has 5 nitrogen and oxygen atoms in total. The summed E-state index contributed by atoms with van der Waals surface area (Å²) >= 11 is 6.48. The lowest BCUT2D eigenvalue weighted by molar-refractivity contribution is -0.112. The molecule has 162 valence electrons. The molecule has 0 aliphatic carbocycles. The highest BCUT2D eigenvalue weighted by Gasteiger charge is 2.15. The lowest BCUT2D eigenvalue weighted by atomic mass is 10.1. The van der Waals surface area contributed by atoms with Crippen LogP contribution in [-0.4, -0.2) is 12.5 Å². The number of nitrogens with one attached hydrogen (secondary N) is 1. The number of para-hydroxylation sites is 1. The van der Waals surface area contributed by atoms with Gasteiger partial charge in [-0.3, -0.25) is 4.79 Å². The molecule has 3 aromatic carbocycles. The largest absolute Gasteiger partial charge is 0.490 e. The van der Waals surface area contributed by atoms with Crippen molar-refractivity contribution in [1.29, 1.82) is 5.26 Å². The maximum Gasteiger partial charge on any atom is 0.266 e. The highest BCUT2D eigenvalue weighted by molar-refractivity contribution is 6.32. The van der Waals surface area contributed by atoms with Crippen molar-refractivity contribution in [3.8, 4) is 17.6 Å². The van der Waals surface area contributed by atoms with Crippen molar-refractivity contribution in [1.82, 2.24) is 0 Å². The van der Waals surface area contributed by atoms with Crippen molar-refractivity contribution in [2.45, 2.75) is 20.5 Å². The molecule has 3 rings (SSSR count). The Kier molecular flexibility index (Phi) is 7.91. The van der Waals surface area contributed by atoms with Crippen LogP contribution < -0.4 is 14.8 Å². The number of benzene rings is 3. The molecule has 0 radical (unpaired) electrons. The average Bonchev–Trinajstić information content (AvgIpc) is 2.79. The van der Waals surface area contributed by atoms with Gasteiger partial charge in [0.2, 0.25) is 0 Å². The minimum absolute atomic E-state index is 0.0549. The van der Waals surface area contributed by atoms with E-state index in [1.54, 1.807) is 36.4 Å². The smallest absolute Gasteiger partial charge is 0.266 e. The summed E-state index contributed by atoms with van der Waals surface area (Å²) in [6.07, 6.45) is 1.47. The predicted molar refractivity (Wildman–Crippen MR) is 127 cm³/mol. The highest BCUT2D eigenvalue weighted by Crippen LogP contribution is 2.38. The minimum Gasteiger partial charge on any atom is -0.490 e. The zero-order valence-electron chi connectivity index (χ0n) is 17.9. The maximum atomic E-state index is 12.5. The summed E-state index contributed by atoms with van der Waals surface area (Å²) < 4.78 is 11.7. The van der Waals surface area contributed by atoms with Gasteiger partial charge in [0.05, 0.1) is 11.6 Å². The summed E-state index contributed by atoms with van der Waals surface area (Å²) in [5.41, 5.74) is 3.28. The van der Waals surface area contributed by atoms with Gasteiger partial charge in [-0.2, -0.15) is 5.26 Å². The monoisotopic (exact) mass is 446 g/mol. The Bertz CT molecular complexity index is 1150. The standard InChI is InChI=1S/C26H23ClN2O3/c1-3-31-24-15-20(13-21(16-28)26(30)29-22-7-5-4-6-8-22)14-23(27)25(24)32-17-19-11-9-18(2)10-12-19/h4-15H,3,17H2,1-2H3,(H,29,30)/b21-13+. The van der Waals surface area contributed by atoms with E-state index in [0.717, 1.165) is 5.56 Å². The summed E-state index contributed by atoms with van der Waals surface area (Å²) in [6.45, 7) is 4.62. The Morgan fingerprint density at radius 2 is 1.81 bits per heavy atom. The van der Waals surface area contributed by atoms with Gasteiger partial charge in [0.1, 0.15) is 18.2 Å². The molecule has 1 amide bonds. The number of halogens is 1. The molecular weight excluding hydrogens is 424 g/mol. The van der Waals surface area contributed by atoms with Crippen LogP contribution in [0.25, 0.3) is 6.08 Å². The Hall–Kier alpha value is -3.75. The van der Waals surface area contributed by atoms with Crippen molar-refractivity contribution < 1.29 is 14.3 Å². The van der Waals surface area contributed by atoms with Gasteiger partial charge in [-0.05, 0) is 55.3 Å². The topological polar surface area (TPSA) is 71.3 Å². The van der Waals surface area contributed by atoms with Gasteiger partial charge >= 0.3 is 0 Å². The molecule has 1 N–H and O–H groups in total. The van der Waals surface area contributed by atoms with Crippen LogP contribution in [0.1, 0.15) is 23.6 Å². The van der Waals surface area contributed by atoms with Crippen molar-refractivity contribution in [3.63, 3.8) is 0 Å². The second-order valence-corrected chi connectivity index (χ2v) is 7.43. The Labute approximate surface area is 192 Å². The van der Waals surface area contributed by atoms with Gasteiger partial charge < -0.3 is 14.8 Å². The Morgan fingerprint density at radius 1 is 1.09 bits per heavy atom. The van der Waals surface area contributed by atoms with Crippen molar-refractivity contribution in [3.05, 3.63) is 94.0 Å². The fraction of sp³-hybridized carbons (Fsp3) is 0.154. The molecule has 0 bridgehead atoms. The van der Waals surface area contributed by atoms with Crippen LogP contribution in [0.5, 0.6) is 11.5 Å². The fourth-order valence-corrected chi connectivity index (χ4v) is 3.22. The second-order valence-electron chi connectivity index (χ2n) is 7.03. The molecule has 3 aromatic rings. The summed E-state index contributed by atoms with van der Waals surface area (Å²) in [7, 11) is 0. The Balaban J connectivity index is 1.84. The van der Waals surface area contributed by atoms with E-state index in [4.69, 9.17) is 21.1 Å². The zero-order chi connectivity index (χ0) is 22.9. The van der Waals surface area contributed by atoms with E-state index >= 15 is 0 Å². The number of nitrogens with zero attached hydrogens (tertiary/aromatic N) is 1. The van der Waals surface area contributed by atoms with Gasteiger partial charge in [-0.15, -0.1) is 0 Å².